The zero-order valence-corrected chi connectivity index (χ0v) is 23.7. The fourth-order valence-corrected chi connectivity index (χ4v) is 4.81. The highest BCUT2D eigenvalue weighted by Gasteiger charge is 2.46. The van der Waals surface area contributed by atoms with E-state index in [1.165, 1.54) is 4.90 Å². The number of ketones is 1. The summed E-state index contributed by atoms with van der Waals surface area (Å²) in [5.74, 6) is -0.119. The van der Waals surface area contributed by atoms with Crippen molar-refractivity contribution in [2.75, 3.05) is 32.2 Å². The van der Waals surface area contributed by atoms with Gasteiger partial charge in [0.1, 0.15) is 17.3 Å². The Morgan fingerprint density at radius 3 is 2.08 bits per heavy atom. The lowest BCUT2D eigenvalue weighted by atomic mass is 9.95. The standard InChI is InChI=1S/C33H38N2O5/c1-5-7-8-21-40-28-19-13-25(14-20-28)31(36)29-30(24-11-15-26(16-12-24)34(3)4)35(33(38)32(29)37)22-23-9-17-27(18-10-23)39-6-2/h9-20,30,36H,5-8,21-22H2,1-4H3/b31-29-. The minimum Gasteiger partial charge on any atom is -0.507 e. The summed E-state index contributed by atoms with van der Waals surface area (Å²) in [6.07, 6.45) is 3.19. The molecular weight excluding hydrogens is 504 g/mol. The fraction of sp³-hybridized carbons (Fsp3) is 0.333. The molecule has 0 aromatic heterocycles. The van der Waals surface area contributed by atoms with Crippen molar-refractivity contribution in [3.8, 4) is 11.5 Å². The number of anilines is 1. The summed E-state index contributed by atoms with van der Waals surface area (Å²) < 4.78 is 11.3. The number of benzene rings is 3. The number of ether oxygens (including phenoxy) is 2. The number of unbranched alkanes of at least 4 members (excludes halogenated alkanes) is 2. The van der Waals surface area contributed by atoms with Gasteiger partial charge in [-0.3, -0.25) is 9.59 Å². The van der Waals surface area contributed by atoms with Gasteiger partial charge >= 0.3 is 0 Å². The molecule has 1 fully saturated rings. The summed E-state index contributed by atoms with van der Waals surface area (Å²) in [5.41, 5.74) is 3.11. The van der Waals surface area contributed by atoms with Crippen molar-refractivity contribution in [3.05, 3.63) is 95.1 Å². The van der Waals surface area contributed by atoms with Gasteiger partial charge in [0.15, 0.2) is 0 Å². The van der Waals surface area contributed by atoms with Gasteiger partial charge in [-0.05, 0) is 73.0 Å². The zero-order chi connectivity index (χ0) is 28.6. The van der Waals surface area contributed by atoms with Crippen molar-refractivity contribution in [2.45, 2.75) is 45.7 Å². The van der Waals surface area contributed by atoms with Gasteiger partial charge in [-0.2, -0.15) is 0 Å². The van der Waals surface area contributed by atoms with Gasteiger partial charge in [-0.25, -0.2) is 0 Å². The van der Waals surface area contributed by atoms with E-state index in [0.717, 1.165) is 41.8 Å². The molecule has 0 saturated carbocycles. The van der Waals surface area contributed by atoms with Crippen LogP contribution in [0.3, 0.4) is 0 Å². The Hall–Kier alpha value is -4.26. The van der Waals surface area contributed by atoms with Crippen LogP contribution in [-0.2, 0) is 16.1 Å². The van der Waals surface area contributed by atoms with Gasteiger partial charge in [0, 0.05) is 31.9 Å². The van der Waals surface area contributed by atoms with E-state index in [-0.39, 0.29) is 17.9 Å². The molecule has 1 atom stereocenters. The van der Waals surface area contributed by atoms with Crippen molar-refractivity contribution in [2.24, 2.45) is 0 Å². The molecule has 3 aromatic carbocycles. The number of rotatable bonds is 12. The van der Waals surface area contributed by atoms with Gasteiger partial charge < -0.3 is 24.4 Å². The Bertz CT molecular complexity index is 1330. The molecule has 1 saturated heterocycles. The van der Waals surface area contributed by atoms with E-state index in [1.807, 2.05) is 74.4 Å². The van der Waals surface area contributed by atoms with E-state index in [1.54, 1.807) is 24.3 Å². The molecule has 0 bridgehead atoms. The van der Waals surface area contributed by atoms with Gasteiger partial charge in [-0.1, -0.05) is 44.0 Å². The number of amides is 1. The fourth-order valence-electron chi connectivity index (χ4n) is 4.81. The molecule has 7 heteroatoms. The number of nitrogens with zero attached hydrogens (tertiary/aromatic N) is 2. The first-order valence-electron chi connectivity index (χ1n) is 13.8. The van der Waals surface area contributed by atoms with E-state index in [2.05, 4.69) is 6.92 Å². The van der Waals surface area contributed by atoms with Crippen molar-refractivity contribution in [3.63, 3.8) is 0 Å². The van der Waals surface area contributed by atoms with E-state index in [9.17, 15) is 14.7 Å². The average Bonchev–Trinajstić information content (AvgIpc) is 3.21. The molecule has 0 radical (unpaired) electrons. The Balaban J connectivity index is 1.69. The molecule has 1 aliphatic heterocycles. The molecule has 40 heavy (non-hydrogen) atoms. The maximum atomic E-state index is 13.4. The average molecular weight is 543 g/mol. The van der Waals surface area contributed by atoms with Crippen LogP contribution >= 0.6 is 0 Å². The van der Waals surface area contributed by atoms with Crippen molar-refractivity contribution in [1.82, 2.24) is 4.90 Å². The second kappa shape index (κ2) is 13.2. The molecule has 1 amide bonds. The summed E-state index contributed by atoms with van der Waals surface area (Å²) in [6, 6.07) is 21.4. The van der Waals surface area contributed by atoms with E-state index in [4.69, 9.17) is 9.47 Å². The van der Waals surface area contributed by atoms with Crippen molar-refractivity contribution < 1.29 is 24.2 Å². The minimum absolute atomic E-state index is 0.0742. The van der Waals surface area contributed by atoms with Crippen LogP contribution in [0.1, 0.15) is 55.8 Å². The quantitative estimate of drug-likeness (QED) is 0.124. The van der Waals surface area contributed by atoms with E-state index >= 15 is 0 Å². The van der Waals surface area contributed by atoms with Gasteiger partial charge in [0.05, 0.1) is 24.8 Å². The second-order valence-corrected chi connectivity index (χ2v) is 10.1. The SMILES string of the molecule is CCCCCOc1ccc(/C(O)=C2/C(=O)C(=O)N(Cc3ccc(OCC)cc3)C2c2ccc(N(C)C)cc2)cc1. The van der Waals surface area contributed by atoms with Crippen LogP contribution in [0, 0.1) is 0 Å². The minimum atomic E-state index is -0.743. The van der Waals surface area contributed by atoms with E-state index in [0.29, 0.717) is 24.5 Å². The molecule has 1 aliphatic rings. The third-order valence-electron chi connectivity index (χ3n) is 7.00. The third kappa shape index (κ3) is 6.47. The summed E-state index contributed by atoms with van der Waals surface area (Å²) in [6.45, 7) is 5.45. The van der Waals surface area contributed by atoms with E-state index < -0.39 is 17.7 Å². The lowest BCUT2D eigenvalue weighted by Crippen LogP contribution is -2.29. The topological polar surface area (TPSA) is 79.3 Å². The Morgan fingerprint density at radius 2 is 1.48 bits per heavy atom. The molecule has 1 N–H and O–H groups in total. The molecule has 0 spiro atoms. The molecule has 7 nitrogen and oxygen atoms in total. The highest BCUT2D eigenvalue weighted by Crippen LogP contribution is 2.41. The Kier molecular flexibility index (Phi) is 9.48. The largest absolute Gasteiger partial charge is 0.507 e. The first-order chi connectivity index (χ1) is 19.3. The molecule has 3 aromatic rings. The van der Waals surface area contributed by atoms with Crippen molar-refractivity contribution in [1.29, 1.82) is 0 Å². The first kappa shape index (κ1) is 28.7. The summed E-state index contributed by atoms with van der Waals surface area (Å²) in [5, 5.41) is 11.4. The Morgan fingerprint density at radius 1 is 0.850 bits per heavy atom. The highest BCUT2D eigenvalue weighted by atomic mass is 16.5. The van der Waals surface area contributed by atoms with Crippen LogP contribution in [0.4, 0.5) is 5.69 Å². The first-order valence-corrected chi connectivity index (χ1v) is 13.8. The highest BCUT2D eigenvalue weighted by molar-refractivity contribution is 6.46. The number of carbonyl (C=O) groups is 2. The van der Waals surface area contributed by atoms with Gasteiger partial charge in [0.2, 0.25) is 0 Å². The second-order valence-electron chi connectivity index (χ2n) is 10.1. The maximum Gasteiger partial charge on any atom is 0.295 e. The number of carbonyl (C=O) groups excluding carboxylic acids is 2. The third-order valence-corrected chi connectivity index (χ3v) is 7.00. The van der Waals surface area contributed by atoms with Crippen molar-refractivity contribution >= 4 is 23.1 Å². The van der Waals surface area contributed by atoms with Gasteiger partial charge in [-0.15, -0.1) is 0 Å². The smallest absolute Gasteiger partial charge is 0.295 e. The van der Waals surface area contributed by atoms with Crippen LogP contribution in [0.25, 0.3) is 5.76 Å². The number of aliphatic hydroxyl groups excluding tert-OH is 1. The molecule has 1 heterocycles. The number of aliphatic hydroxyl groups is 1. The predicted molar refractivity (Wildman–Crippen MR) is 158 cm³/mol. The molecule has 4 rings (SSSR count). The zero-order valence-electron chi connectivity index (χ0n) is 23.7. The molecule has 1 unspecified atom stereocenters. The molecule has 0 aliphatic carbocycles. The molecule has 210 valence electrons. The summed E-state index contributed by atoms with van der Waals surface area (Å²) in [7, 11) is 3.90. The number of hydrogen-bond acceptors (Lipinski definition) is 6. The predicted octanol–water partition coefficient (Wildman–Crippen LogP) is 6.34. The number of hydrogen-bond donors (Lipinski definition) is 1. The lowest BCUT2D eigenvalue weighted by Gasteiger charge is -2.26. The van der Waals surface area contributed by atoms with Gasteiger partial charge in [0.25, 0.3) is 11.7 Å². The monoisotopic (exact) mass is 542 g/mol. The number of likely N-dealkylation sites (tertiary alicyclic amines) is 1. The van der Waals surface area contributed by atoms with Crippen LogP contribution in [0.5, 0.6) is 11.5 Å². The van der Waals surface area contributed by atoms with Crippen LogP contribution in [0.2, 0.25) is 0 Å². The maximum absolute atomic E-state index is 13.4. The van der Waals surface area contributed by atoms with Crippen LogP contribution in [0.15, 0.2) is 78.4 Å². The Labute approximate surface area is 236 Å². The number of Topliss-reactive ketones (excluding diaryl/α,β-unsaturated/α-hetero) is 1. The van der Waals surface area contributed by atoms with Crippen LogP contribution in [-0.4, -0.2) is 49.0 Å². The summed E-state index contributed by atoms with van der Waals surface area (Å²) >= 11 is 0. The normalized spacial score (nSPS) is 16.3. The lowest BCUT2D eigenvalue weighted by molar-refractivity contribution is -0.140. The summed E-state index contributed by atoms with van der Waals surface area (Å²) in [4.78, 5) is 30.3. The molecular formula is C33H38N2O5. The van der Waals surface area contributed by atoms with Crippen LogP contribution < -0.4 is 14.4 Å².